The summed E-state index contributed by atoms with van der Waals surface area (Å²) in [5.74, 6) is -0.199. The van der Waals surface area contributed by atoms with E-state index in [2.05, 4.69) is 36.3 Å². The molecule has 0 spiro atoms. The Hall–Kier alpha value is -1.36. The van der Waals surface area contributed by atoms with E-state index >= 15 is 0 Å². The number of amides is 1. The number of nitrogens with two attached hydrogens (primary N) is 1. The SMILES string of the molecule is CC(C)(N)CNC(=O)c1cc(C(C)(C)C)[nH]n1. The van der Waals surface area contributed by atoms with Gasteiger partial charge in [0, 0.05) is 23.2 Å². The molecule has 4 N–H and O–H groups in total. The van der Waals surface area contributed by atoms with Gasteiger partial charge < -0.3 is 11.1 Å². The van der Waals surface area contributed by atoms with Crippen molar-refractivity contribution in [3.05, 3.63) is 17.5 Å². The monoisotopic (exact) mass is 238 g/mol. The lowest BCUT2D eigenvalue weighted by molar-refractivity contribution is 0.0941. The summed E-state index contributed by atoms with van der Waals surface area (Å²) in [6, 6.07) is 1.78. The number of aromatic amines is 1. The zero-order chi connectivity index (χ0) is 13.3. The van der Waals surface area contributed by atoms with Crippen molar-refractivity contribution in [1.29, 1.82) is 0 Å². The molecule has 0 fully saturated rings. The van der Waals surface area contributed by atoms with Gasteiger partial charge in [0.25, 0.3) is 5.91 Å². The Kier molecular flexibility index (Phi) is 3.62. The van der Waals surface area contributed by atoms with E-state index in [1.807, 2.05) is 13.8 Å². The summed E-state index contributed by atoms with van der Waals surface area (Å²) in [7, 11) is 0. The topological polar surface area (TPSA) is 83.8 Å². The van der Waals surface area contributed by atoms with Gasteiger partial charge in [-0.25, -0.2) is 0 Å². The number of H-pyrrole nitrogens is 1. The van der Waals surface area contributed by atoms with E-state index in [4.69, 9.17) is 5.73 Å². The summed E-state index contributed by atoms with van der Waals surface area (Å²) in [6.45, 7) is 10.3. The number of hydrogen-bond donors (Lipinski definition) is 3. The van der Waals surface area contributed by atoms with E-state index in [0.717, 1.165) is 5.69 Å². The summed E-state index contributed by atoms with van der Waals surface area (Å²) in [4.78, 5) is 11.8. The Morgan fingerprint density at radius 1 is 1.41 bits per heavy atom. The summed E-state index contributed by atoms with van der Waals surface area (Å²) in [5.41, 5.74) is 6.67. The Bertz CT molecular complexity index is 395. The summed E-state index contributed by atoms with van der Waals surface area (Å²) < 4.78 is 0. The van der Waals surface area contributed by atoms with Gasteiger partial charge in [-0.2, -0.15) is 5.10 Å². The molecule has 1 aromatic rings. The van der Waals surface area contributed by atoms with Crippen LogP contribution < -0.4 is 11.1 Å². The van der Waals surface area contributed by atoms with Crippen molar-refractivity contribution >= 4 is 5.91 Å². The smallest absolute Gasteiger partial charge is 0.271 e. The first-order valence-corrected chi connectivity index (χ1v) is 5.72. The van der Waals surface area contributed by atoms with Crippen LogP contribution in [0, 0.1) is 0 Å². The van der Waals surface area contributed by atoms with Crippen LogP contribution in [0.2, 0.25) is 0 Å². The molecule has 0 atom stereocenters. The number of carbonyl (C=O) groups excluding carboxylic acids is 1. The number of nitrogens with zero attached hydrogens (tertiary/aromatic N) is 1. The van der Waals surface area contributed by atoms with Crippen LogP contribution in [-0.2, 0) is 5.41 Å². The molecule has 0 aliphatic carbocycles. The highest BCUT2D eigenvalue weighted by molar-refractivity contribution is 5.92. The molecule has 5 heteroatoms. The molecule has 96 valence electrons. The van der Waals surface area contributed by atoms with Gasteiger partial charge in [-0.3, -0.25) is 9.89 Å². The quantitative estimate of drug-likeness (QED) is 0.739. The number of aromatic nitrogens is 2. The van der Waals surface area contributed by atoms with Gasteiger partial charge in [0.05, 0.1) is 0 Å². The van der Waals surface area contributed by atoms with Crippen molar-refractivity contribution in [3.63, 3.8) is 0 Å². The van der Waals surface area contributed by atoms with Gasteiger partial charge in [-0.1, -0.05) is 20.8 Å². The third-order valence-corrected chi connectivity index (χ3v) is 2.32. The van der Waals surface area contributed by atoms with Crippen molar-refractivity contribution in [1.82, 2.24) is 15.5 Å². The van der Waals surface area contributed by atoms with Gasteiger partial charge in [0.15, 0.2) is 0 Å². The molecule has 0 saturated heterocycles. The lowest BCUT2D eigenvalue weighted by Gasteiger charge is -2.18. The maximum atomic E-state index is 11.8. The predicted octanol–water partition coefficient (Wildman–Crippen LogP) is 1.17. The molecule has 0 saturated carbocycles. The van der Waals surface area contributed by atoms with Gasteiger partial charge in [0.1, 0.15) is 5.69 Å². The number of hydrogen-bond acceptors (Lipinski definition) is 3. The zero-order valence-corrected chi connectivity index (χ0v) is 11.2. The molecule has 17 heavy (non-hydrogen) atoms. The fourth-order valence-corrected chi connectivity index (χ4v) is 1.22. The second-order valence-corrected chi connectivity index (χ2v) is 6.09. The van der Waals surface area contributed by atoms with Crippen LogP contribution in [0.3, 0.4) is 0 Å². The van der Waals surface area contributed by atoms with Crippen LogP contribution in [0.15, 0.2) is 6.07 Å². The van der Waals surface area contributed by atoms with E-state index in [0.29, 0.717) is 12.2 Å². The first-order valence-electron chi connectivity index (χ1n) is 5.72. The molecule has 1 amide bonds. The average Bonchev–Trinajstić information content (AvgIpc) is 2.60. The maximum Gasteiger partial charge on any atom is 0.271 e. The van der Waals surface area contributed by atoms with E-state index in [1.54, 1.807) is 6.07 Å². The molecule has 0 unspecified atom stereocenters. The number of carbonyl (C=O) groups is 1. The van der Waals surface area contributed by atoms with E-state index < -0.39 is 5.54 Å². The standard InChI is InChI=1S/C12H22N4O/c1-11(2,3)9-6-8(15-16-9)10(17)14-7-12(4,5)13/h6H,7,13H2,1-5H3,(H,14,17)(H,15,16). The highest BCUT2D eigenvalue weighted by Gasteiger charge is 2.20. The molecule has 1 heterocycles. The summed E-state index contributed by atoms with van der Waals surface area (Å²) >= 11 is 0. The van der Waals surface area contributed by atoms with Gasteiger partial charge in [-0.05, 0) is 19.9 Å². The molecule has 0 aromatic carbocycles. The molecule has 0 bridgehead atoms. The highest BCUT2D eigenvalue weighted by Crippen LogP contribution is 2.20. The molecular formula is C12H22N4O. The first-order chi connectivity index (χ1) is 7.59. The Morgan fingerprint density at radius 2 is 2.00 bits per heavy atom. The van der Waals surface area contributed by atoms with Gasteiger partial charge >= 0.3 is 0 Å². The van der Waals surface area contributed by atoms with Crippen molar-refractivity contribution < 1.29 is 4.79 Å². The third-order valence-electron chi connectivity index (χ3n) is 2.32. The number of nitrogens with one attached hydrogen (secondary N) is 2. The van der Waals surface area contributed by atoms with E-state index in [-0.39, 0.29) is 11.3 Å². The Labute approximate surface area is 102 Å². The van der Waals surface area contributed by atoms with Gasteiger partial charge in [0.2, 0.25) is 0 Å². The van der Waals surface area contributed by atoms with E-state index in [1.165, 1.54) is 0 Å². The van der Waals surface area contributed by atoms with Crippen LogP contribution in [-0.4, -0.2) is 28.2 Å². The molecule has 1 rings (SSSR count). The normalized spacial score (nSPS) is 12.6. The maximum absolute atomic E-state index is 11.8. The second-order valence-electron chi connectivity index (χ2n) is 6.09. The van der Waals surface area contributed by atoms with Crippen molar-refractivity contribution in [2.75, 3.05) is 6.54 Å². The van der Waals surface area contributed by atoms with Crippen LogP contribution in [0.1, 0.15) is 50.8 Å². The van der Waals surface area contributed by atoms with Crippen molar-refractivity contribution in [2.45, 2.75) is 45.6 Å². The molecule has 0 aliphatic heterocycles. The lowest BCUT2D eigenvalue weighted by atomic mass is 9.92. The zero-order valence-electron chi connectivity index (χ0n) is 11.2. The summed E-state index contributed by atoms with van der Waals surface area (Å²) in [6.07, 6.45) is 0. The molecular weight excluding hydrogens is 216 g/mol. The first kappa shape index (κ1) is 13.7. The minimum atomic E-state index is -0.418. The predicted molar refractivity (Wildman–Crippen MR) is 67.9 cm³/mol. The fraction of sp³-hybridized carbons (Fsp3) is 0.667. The van der Waals surface area contributed by atoms with Gasteiger partial charge in [-0.15, -0.1) is 0 Å². The summed E-state index contributed by atoms with van der Waals surface area (Å²) in [5, 5.41) is 9.64. The number of rotatable bonds is 3. The fourth-order valence-electron chi connectivity index (χ4n) is 1.22. The van der Waals surface area contributed by atoms with Crippen molar-refractivity contribution in [2.24, 2.45) is 5.73 Å². The minimum absolute atomic E-state index is 0.0430. The highest BCUT2D eigenvalue weighted by atomic mass is 16.1. The molecule has 0 radical (unpaired) electrons. The Morgan fingerprint density at radius 3 is 2.41 bits per heavy atom. The molecule has 0 aliphatic rings. The third kappa shape index (κ3) is 4.19. The van der Waals surface area contributed by atoms with Crippen molar-refractivity contribution in [3.8, 4) is 0 Å². The average molecular weight is 238 g/mol. The minimum Gasteiger partial charge on any atom is -0.349 e. The second kappa shape index (κ2) is 4.49. The lowest BCUT2D eigenvalue weighted by Crippen LogP contribution is -2.45. The molecule has 5 nitrogen and oxygen atoms in total. The van der Waals surface area contributed by atoms with Crippen LogP contribution >= 0.6 is 0 Å². The van der Waals surface area contributed by atoms with Crippen LogP contribution in [0.4, 0.5) is 0 Å². The molecule has 1 aromatic heterocycles. The van der Waals surface area contributed by atoms with Crippen LogP contribution in [0.5, 0.6) is 0 Å². The van der Waals surface area contributed by atoms with Crippen LogP contribution in [0.25, 0.3) is 0 Å². The largest absolute Gasteiger partial charge is 0.349 e. The Balaban J connectivity index is 2.68. The van der Waals surface area contributed by atoms with E-state index in [9.17, 15) is 4.79 Å².